The summed E-state index contributed by atoms with van der Waals surface area (Å²) >= 11 is 0. The van der Waals surface area contributed by atoms with Crippen LogP contribution in [-0.2, 0) is 41.2 Å². The second kappa shape index (κ2) is 19.1. The molecule has 2 N–H and O–H groups in total. The molecule has 0 spiro atoms. The Balaban J connectivity index is 1.16. The lowest BCUT2D eigenvalue weighted by atomic mass is 10.4. The molecular formula is C48H78O12Si8. The molecule has 374 valence electrons. The summed E-state index contributed by atoms with van der Waals surface area (Å²) in [6.45, 7) is 2.32. The Morgan fingerprint density at radius 2 is 0.603 bits per heavy atom. The number of fused-ring (bicyclic) bond motifs is 3. The summed E-state index contributed by atoms with van der Waals surface area (Å²) in [5.74, 6) is 0. The lowest BCUT2D eigenvalue weighted by Crippen LogP contribution is -2.86. The number of hydrogen-bond acceptors (Lipinski definition) is 12. The molecule has 0 aromatic heterocycles. The van der Waals surface area contributed by atoms with Crippen molar-refractivity contribution in [2.24, 2.45) is 0 Å². The summed E-state index contributed by atoms with van der Waals surface area (Å²) in [7, 11) is -33.1. The summed E-state index contributed by atoms with van der Waals surface area (Å²) in [5.41, 5.74) is -1.02. The summed E-state index contributed by atoms with van der Waals surface area (Å²) in [5, 5.41) is 2.26. The fourth-order valence-electron chi connectivity index (χ4n) is 14.8. The first-order valence-electron chi connectivity index (χ1n) is 27.6. The van der Waals surface area contributed by atoms with Gasteiger partial charge in [0.2, 0.25) is 8.32 Å². The summed E-state index contributed by atoms with van der Waals surface area (Å²) in [6, 6.07) is 21.5. The van der Waals surface area contributed by atoms with E-state index in [1.54, 1.807) is 0 Å². The van der Waals surface area contributed by atoms with Crippen molar-refractivity contribution in [2.75, 3.05) is 0 Å². The molecule has 0 radical (unpaired) electrons. The molecule has 12 nitrogen and oxygen atoms in total. The van der Waals surface area contributed by atoms with Gasteiger partial charge in [-0.05, 0) is 107 Å². The highest BCUT2D eigenvalue weighted by Gasteiger charge is 2.83. The molecule has 2 aromatic carbocycles. The zero-order chi connectivity index (χ0) is 46.1. The summed E-state index contributed by atoms with van der Waals surface area (Å²) < 4.78 is 82.9. The third-order valence-corrected chi connectivity index (χ3v) is 55.9. The Hall–Kier alpha value is -0.305. The van der Waals surface area contributed by atoms with Gasteiger partial charge < -0.3 is 50.7 Å². The van der Waals surface area contributed by atoms with Crippen LogP contribution in [0.4, 0.5) is 0 Å². The highest BCUT2D eigenvalue weighted by molar-refractivity contribution is 7.04. The summed E-state index contributed by atoms with van der Waals surface area (Å²) in [4.78, 5) is 28.4. The van der Waals surface area contributed by atoms with Crippen LogP contribution in [0.3, 0.4) is 0 Å². The van der Waals surface area contributed by atoms with Crippen molar-refractivity contribution < 1.29 is 50.7 Å². The minimum atomic E-state index is -4.40. The zero-order valence-corrected chi connectivity index (χ0v) is 48.6. The second-order valence-corrected chi connectivity index (χ2v) is 48.6. The van der Waals surface area contributed by atoms with E-state index in [4.69, 9.17) is 41.2 Å². The van der Waals surface area contributed by atoms with E-state index in [2.05, 4.69) is 67.2 Å². The van der Waals surface area contributed by atoms with Gasteiger partial charge in [-0.15, -0.1) is 0 Å². The Labute approximate surface area is 414 Å². The fraction of sp³-hybridized carbons (Fsp3) is 0.750. The van der Waals surface area contributed by atoms with Crippen LogP contribution in [0.25, 0.3) is 0 Å². The van der Waals surface area contributed by atoms with E-state index >= 15 is 0 Å². The van der Waals surface area contributed by atoms with Crippen LogP contribution in [0.5, 0.6) is 0 Å². The van der Waals surface area contributed by atoms with Crippen molar-refractivity contribution in [3.05, 3.63) is 60.7 Å². The largest absolute Gasteiger partial charge is 0.486 e. The predicted octanol–water partition coefficient (Wildman–Crippen LogP) is 10.7. The van der Waals surface area contributed by atoms with Gasteiger partial charge in [-0.1, -0.05) is 151 Å². The van der Waals surface area contributed by atoms with Crippen LogP contribution in [0.1, 0.15) is 180 Å². The maximum atomic E-state index is 14.2. The Kier molecular flexibility index (Phi) is 13.7. The standard InChI is InChI=1S/C48H78O12Si8/c1-61(40-22-4-2-5-23-40,41-24-6-3-7-25-41)51-64(44-30-12-13-31-44)56-66(46-34-16-17-35-46)54-62(49,42-26-8-9-27-42)52-65(45-32-14-15-33-45)53-63(50,43-28-10-11-29-43)55-67(57-64,47-36-18-19-37-47)60-68(58-65,59-66)48-38-20-21-39-48/h2-7,22-25,42-50H,8-21,26-39H2,1H3. The third kappa shape index (κ3) is 8.61. The van der Waals surface area contributed by atoms with Gasteiger partial charge in [-0.25, -0.2) is 0 Å². The Bertz CT molecular complexity index is 1940. The van der Waals surface area contributed by atoms with E-state index in [0.717, 1.165) is 190 Å². The molecular weight excluding hydrogens is 993 g/mol. The molecule has 12 rings (SSSR count). The van der Waals surface area contributed by atoms with Gasteiger partial charge in [0.15, 0.2) is 0 Å². The van der Waals surface area contributed by atoms with Crippen molar-refractivity contribution in [2.45, 2.75) is 225 Å². The third-order valence-electron chi connectivity index (χ3n) is 18.6. The van der Waals surface area contributed by atoms with Gasteiger partial charge in [-0.2, -0.15) is 0 Å². The molecule has 68 heavy (non-hydrogen) atoms. The van der Waals surface area contributed by atoms with Crippen LogP contribution in [0.2, 0.25) is 45.3 Å². The quantitative estimate of drug-likeness (QED) is 0.208. The minimum Gasteiger partial charge on any atom is -0.408 e. The molecule has 2 aromatic rings. The van der Waals surface area contributed by atoms with E-state index in [1.165, 1.54) is 0 Å². The molecule has 7 saturated carbocycles. The predicted molar refractivity (Wildman–Crippen MR) is 275 cm³/mol. The van der Waals surface area contributed by atoms with E-state index in [1.807, 2.05) is 0 Å². The average molecular weight is 1070 g/mol. The van der Waals surface area contributed by atoms with Crippen molar-refractivity contribution in [3.8, 4) is 0 Å². The normalized spacial score (nSPS) is 41.1. The second-order valence-electron chi connectivity index (χ2n) is 22.9. The Morgan fingerprint density at radius 3 is 0.912 bits per heavy atom. The number of hydrogen-bond donors (Lipinski definition) is 2. The van der Waals surface area contributed by atoms with E-state index in [0.29, 0.717) is 0 Å². The average Bonchev–Trinajstić information content (AvgIpc) is 4.19. The van der Waals surface area contributed by atoms with Gasteiger partial charge in [0.25, 0.3) is 0 Å². The van der Waals surface area contributed by atoms with Gasteiger partial charge in [0.05, 0.1) is 0 Å². The zero-order valence-electron chi connectivity index (χ0n) is 40.6. The molecule has 4 unspecified atom stereocenters. The lowest BCUT2D eigenvalue weighted by Gasteiger charge is -2.62. The number of benzene rings is 2. The molecule has 10 aliphatic rings. The monoisotopic (exact) mass is 1070 g/mol. The smallest absolute Gasteiger partial charge is 0.408 e. The highest BCUT2D eigenvalue weighted by atomic mass is 28.6. The first-order chi connectivity index (χ1) is 33.0. The van der Waals surface area contributed by atoms with Crippen LogP contribution in [0.15, 0.2) is 60.7 Å². The Morgan fingerprint density at radius 1 is 0.353 bits per heavy atom. The van der Waals surface area contributed by atoms with Gasteiger partial charge in [0, 0.05) is 38.8 Å². The highest BCUT2D eigenvalue weighted by Crippen LogP contribution is 2.63. The van der Waals surface area contributed by atoms with E-state index < -0.39 is 69.9 Å². The first kappa shape index (κ1) is 48.6. The fourth-order valence-corrected chi connectivity index (χ4v) is 64.2. The van der Waals surface area contributed by atoms with Crippen LogP contribution >= 0.6 is 0 Å². The van der Waals surface area contributed by atoms with Crippen LogP contribution < -0.4 is 10.4 Å². The van der Waals surface area contributed by atoms with Crippen LogP contribution in [0, 0.1) is 0 Å². The molecule has 4 atom stereocenters. The SMILES string of the molecule is C[Si](O[Si]1(C2CCCC2)O[Si]2(C3CCCC3)O[Si](O)(C3CCCC3)O[Si]3(C4CCCC4)O[Si](O)(C4CCCC4)O[Si](C4CCCC4)(O1)O[Si](C1CCCC1)(O3)O2)(c1ccccc1)c1ccccc1. The van der Waals surface area contributed by atoms with Gasteiger partial charge >= 0.3 is 61.6 Å². The summed E-state index contributed by atoms with van der Waals surface area (Å²) in [6.07, 6.45) is 25.9. The topological polar surface area (TPSA) is 133 Å². The van der Waals surface area contributed by atoms with E-state index in [-0.39, 0.29) is 38.8 Å². The van der Waals surface area contributed by atoms with Crippen molar-refractivity contribution in [1.29, 1.82) is 0 Å². The van der Waals surface area contributed by atoms with Crippen molar-refractivity contribution >= 4 is 80.3 Å². The van der Waals surface area contributed by atoms with Crippen molar-refractivity contribution in [3.63, 3.8) is 0 Å². The molecule has 7 aliphatic carbocycles. The van der Waals surface area contributed by atoms with Gasteiger partial charge in [-0.3, -0.25) is 0 Å². The van der Waals surface area contributed by atoms with Crippen LogP contribution in [-0.4, -0.2) is 79.5 Å². The molecule has 20 heteroatoms. The maximum Gasteiger partial charge on any atom is 0.486 e. The van der Waals surface area contributed by atoms with E-state index in [9.17, 15) is 9.59 Å². The maximum absolute atomic E-state index is 14.2. The molecule has 10 fully saturated rings. The molecule has 0 amide bonds. The van der Waals surface area contributed by atoms with Crippen molar-refractivity contribution in [1.82, 2.24) is 0 Å². The molecule has 4 bridgehead atoms. The lowest BCUT2D eigenvalue weighted by molar-refractivity contribution is -0.00869. The molecule has 3 saturated heterocycles. The van der Waals surface area contributed by atoms with Gasteiger partial charge in [0.1, 0.15) is 0 Å². The first-order valence-corrected chi connectivity index (χ1v) is 42.7. The number of rotatable bonds is 11. The minimum absolute atomic E-state index is 0.0718. The molecule has 3 heterocycles. The molecule has 3 aliphatic heterocycles.